The number of aliphatic hydroxyl groups excluding tert-OH is 1. The first kappa shape index (κ1) is 21.5. The topological polar surface area (TPSA) is 93.4 Å². The highest BCUT2D eigenvalue weighted by Gasteiger charge is 2.44. The molecule has 1 amide bonds. The van der Waals surface area contributed by atoms with Crippen LogP contribution in [0.25, 0.3) is 5.65 Å². The minimum absolute atomic E-state index is 0.0730. The van der Waals surface area contributed by atoms with Crippen molar-refractivity contribution in [1.29, 1.82) is 0 Å². The van der Waals surface area contributed by atoms with Gasteiger partial charge in [-0.25, -0.2) is 9.78 Å². The zero-order valence-corrected chi connectivity index (χ0v) is 18.7. The van der Waals surface area contributed by atoms with E-state index in [1.165, 1.54) is 7.11 Å². The maximum atomic E-state index is 13.1. The van der Waals surface area contributed by atoms with E-state index in [4.69, 9.17) is 9.47 Å². The van der Waals surface area contributed by atoms with Crippen LogP contribution in [-0.2, 0) is 4.74 Å². The number of benzene rings is 1. The smallest absolute Gasteiger partial charge is 0.337 e. The highest BCUT2D eigenvalue weighted by Crippen LogP contribution is 2.38. The van der Waals surface area contributed by atoms with Crippen molar-refractivity contribution < 1.29 is 24.2 Å². The monoisotopic (exact) mass is 449 g/mol. The molecule has 0 radical (unpaired) electrons. The third-order valence-electron chi connectivity index (χ3n) is 6.77. The number of fused-ring (bicyclic) bond motifs is 2. The molecule has 33 heavy (non-hydrogen) atoms. The number of hydrogen-bond acceptors (Lipinski definition) is 6. The van der Waals surface area contributed by atoms with E-state index in [9.17, 15) is 14.7 Å². The number of carbonyl (C=O) groups is 2. The van der Waals surface area contributed by atoms with E-state index in [1.807, 2.05) is 34.6 Å². The van der Waals surface area contributed by atoms with Crippen molar-refractivity contribution in [3.8, 4) is 5.75 Å². The van der Waals surface area contributed by atoms with E-state index >= 15 is 0 Å². The van der Waals surface area contributed by atoms with Gasteiger partial charge in [-0.2, -0.15) is 0 Å². The zero-order valence-electron chi connectivity index (χ0n) is 18.7. The number of hydrogen-bond donors (Lipinski definition) is 1. The number of rotatable bonds is 4. The van der Waals surface area contributed by atoms with Gasteiger partial charge >= 0.3 is 5.97 Å². The predicted molar refractivity (Wildman–Crippen MR) is 120 cm³/mol. The van der Waals surface area contributed by atoms with Crippen LogP contribution in [0.4, 0.5) is 0 Å². The lowest BCUT2D eigenvalue weighted by atomic mass is 9.78. The Labute approximate surface area is 191 Å². The first-order valence-electron chi connectivity index (χ1n) is 11.2. The molecule has 5 rings (SSSR count). The van der Waals surface area contributed by atoms with Gasteiger partial charge in [-0.15, -0.1) is 0 Å². The average Bonchev–Trinajstić information content (AvgIpc) is 3.42. The van der Waals surface area contributed by atoms with Gasteiger partial charge in [-0.1, -0.05) is 0 Å². The molecule has 3 heterocycles. The number of aromatic nitrogens is 2. The second kappa shape index (κ2) is 8.51. The molecule has 2 aromatic heterocycles. The van der Waals surface area contributed by atoms with Crippen LogP contribution in [0.1, 0.15) is 39.3 Å². The summed E-state index contributed by atoms with van der Waals surface area (Å²) < 4.78 is 12.6. The molecule has 1 N–H and O–H groups in total. The number of amides is 1. The second-order valence-corrected chi connectivity index (χ2v) is 9.04. The molecule has 1 aliphatic carbocycles. The van der Waals surface area contributed by atoms with Gasteiger partial charge in [-0.05, 0) is 73.6 Å². The fraction of sp³-hybridized carbons (Fsp3) is 0.400. The van der Waals surface area contributed by atoms with Crippen LogP contribution < -0.4 is 4.74 Å². The van der Waals surface area contributed by atoms with Crippen molar-refractivity contribution in [3.05, 3.63) is 65.6 Å². The predicted octanol–water partition coefficient (Wildman–Crippen LogP) is 2.72. The summed E-state index contributed by atoms with van der Waals surface area (Å²) in [4.78, 5) is 31.1. The summed E-state index contributed by atoms with van der Waals surface area (Å²) in [5.74, 6) is 0.617. The quantitative estimate of drug-likeness (QED) is 0.616. The molecule has 3 aromatic rings. The standard InChI is InChI=1S/C25H27N3O5/c1-15-7-8-27-14-20(26-23(27)9-15)24(30)28-12-17-10-21(29)22(11-18(17)13-28)33-19-5-3-16(4-6-19)25(31)32-2/h3-9,14,17-18,21-22,29H,10-13H2,1-2H3/t17-,18+,21+,22+/m0/s1. The fourth-order valence-electron chi connectivity index (χ4n) is 4.99. The number of ether oxygens (including phenoxy) is 2. The third kappa shape index (κ3) is 4.18. The Morgan fingerprint density at radius 3 is 2.55 bits per heavy atom. The fourth-order valence-corrected chi connectivity index (χ4v) is 4.99. The molecule has 1 aliphatic heterocycles. The summed E-state index contributed by atoms with van der Waals surface area (Å²) in [6.45, 7) is 3.25. The average molecular weight is 450 g/mol. The number of methoxy groups -OCH3 is 1. The van der Waals surface area contributed by atoms with Gasteiger partial charge in [-0.3, -0.25) is 4.79 Å². The van der Waals surface area contributed by atoms with E-state index in [0.717, 1.165) is 11.2 Å². The van der Waals surface area contributed by atoms with E-state index in [2.05, 4.69) is 4.98 Å². The summed E-state index contributed by atoms with van der Waals surface area (Å²) in [5.41, 5.74) is 2.75. The number of aliphatic hydroxyl groups is 1. The lowest BCUT2D eigenvalue weighted by Crippen LogP contribution is -2.42. The van der Waals surface area contributed by atoms with Crippen LogP contribution in [0.2, 0.25) is 0 Å². The number of imidazole rings is 1. The van der Waals surface area contributed by atoms with Crippen LogP contribution in [0.5, 0.6) is 5.75 Å². The van der Waals surface area contributed by atoms with Crippen LogP contribution in [0.15, 0.2) is 48.8 Å². The maximum absolute atomic E-state index is 13.1. The van der Waals surface area contributed by atoms with E-state index < -0.39 is 12.1 Å². The van der Waals surface area contributed by atoms with E-state index in [1.54, 1.807) is 30.5 Å². The summed E-state index contributed by atoms with van der Waals surface area (Å²) in [7, 11) is 1.34. The maximum Gasteiger partial charge on any atom is 0.337 e. The molecule has 8 nitrogen and oxygen atoms in total. The molecule has 4 atom stereocenters. The Kier molecular flexibility index (Phi) is 5.54. The molecule has 0 bridgehead atoms. The zero-order chi connectivity index (χ0) is 23.1. The Bertz CT molecular complexity index is 1190. The largest absolute Gasteiger partial charge is 0.488 e. The summed E-state index contributed by atoms with van der Waals surface area (Å²) in [5, 5.41) is 10.7. The van der Waals surface area contributed by atoms with Crippen molar-refractivity contribution >= 4 is 17.5 Å². The van der Waals surface area contributed by atoms with Crippen molar-refractivity contribution in [2.45, 2.75) is 32.0 Å². The van der Waals surface area contributed by atoms with Crippen LogP contribution >= 0.6 is 0 Å². The van der Waals surface area contributed by atoms with Crippen LogP contribution in [0, 0.1) is 18.8 Å². The van der Waals surface area contributed by atoms with Crippen LogP contribution in [-0.4, -0.2) is 63.7 Å². The Hall–Kier alpha value is -3.39. The molecule has 2 aliphatic rings. The van der Waals surface area contributed by atoms with Crippen molar-refractivity contribution in [2.24, 2.45) is 11.8 Å². The van der Waals surface area contributed by atoms with Gasteiger partial charge in [0.05, 0.1) is 18.8 Å². The SMILES string of the molecule is COC(=O)c1ccc(O[C@@H]2C[C@@H]3CN(C(=O)c4cn5ccc(C)cc5n4)C[C@@H]3C[C@H]2O)cc1. The van der Waals surface area contributed by atoms with E-state index in [-0.39, 0.29) is 23.8 Å². The lowest BCUT2D eigenvalue weighted by Gasteiger charge is -2.35. The third-order valence-corrected chi connectivity index (χ3v) is 6.77. The number of pyridine rings is 1. The van der Waals surface area contributed by atoms with Crippen LogP contribution in [0.3, 0.4) is 0 Å². The number of likely N-dealkylation sites (tertiary alicyclic amines) is 1. The Morgan fingerprint density at radius 2 is 1.82 bits per heavy atom. The van der Waals surface area contributed by atoms with Gasteiger partial charge in [0.15, 0.2) is 0 Å². The van der Waals surface area contributed by atoms with Crippen molar-refractivity contribution in [2.75, 3.05) is 20.2 Å². The normalized spacial score (nSPS) is 24.5. The Morgan fingerprint density at radius 1 is 1.09 bits per heavy atom. The molecule has 172 valence electrons. The number of esters is 1. The minimum Gasteiger partial charge on any atom is -0.488 e. The second-order valence-electron chi connectivity index (χ2n) is 9.04. The number of carbonyl (C=O) groups excluding carboxylic acids is 2. The molecular weight excluding hydrogens is 422 g/mol. The molecule has 2 fully saturated rings. The molecular formula is C25H27N3O5. The van der Waals surface area contributed by atoms with Gasteiger partial charge < -0.3 is 23.9 Å². The highest BCUT2D eigenvalue weighted by atomic mass is 16.5. The number of nitrogens with zero attached hydrogens (tertiary/aromatic N) is 3. The molecule has 8 heteroatoms. The van der Waals surface area contributed by atoms with E-state index in [0.29, 0.717) is 42.9 Å². The van der Waals surface area contributed by atoms with Gasteiger partial charge in [0, 0.05) is 25.5 Å². The van der Waals surface area contributed by atoms with Gasteiger partial charge in [0.25, 0.3) is 5.91 Å². The summed E-state index contributed by atoms with van der Waals surface area (Å²) in [6.07, 6.45) is 3.97. The molecule has 1 saturated carbocycles. The first-order chi connectivity index (χ1) is 15.9. The van der Waals surface area contributed by atoms with Gasteiger partial charge in [0.2, 0.25) is 0 Å². The molecule has 0 unspecified atom stereocenters. The van der Waals surface area contributed by atoms with Gasteiger partial charge in [0.1, 0.15) is 23.2 Å². The summed E-state index contributed by atoms with van der Waals surface area (Å²) in [6, 6.07) is 10.6. The molecule has 1 saturated heterocycles. The molecule has 0 spiro atoms. The lowest BCUT2D eigenvalue weighted by molar-refractivity contribution is -0.0231. The van der Waals surface area contributed by atoms with Crippen molar-refractivity contribution in [1.82, 2.24) is 14.3 Å². The van der Waals surface area contributed by atoms with Crippen molar-refractivity contribution in [3.63, 3.8) is 0 Å². The first-order valence-corrected chi connectivity index (χ1v) is 11.2. The minimum atomic E-state index is -0.611. The summed E-state index contributed by atoms with van der Waals surface area (Å²) >= 11 is 0. The Balaban J connectivity index is 1.24. The molecule has 1 aromatic carbocycles. The highest BCUT2D eigenvalue weighted by molar-refractivity contribution is 5.93. The number of aryl methyl sites for hydroxylation is 1.